The zero-order valence-electron chi connectivity index (χ0n) is 9.89. The second-order valence-electron chi connectivity index (χ2n) is 3.92. The van der Waals surface area contributed by atoms with Crippen molar-refractivity contribution >= 4 is 29.1 Å². The predicted octanol–water partition coefficient (Wildman–Crippen LogP) is 2.23. The van der Waals surface area contributed by atoms with Gasteiger partial charge in [0, 0.05) is 17.8 Å². The van der Waals surface area contributed by atoms with Crippen molar-refractivity contribution < 1.29 is 9.47 Å². The molecule has 1 aromatic carbocycles. The third kappa shape index (κ3) is 2.63. The fourth-order valence-electron chi connectivity index (χ4n) is 1.77. The Morgan fingerprint density at radius 1 is 1.11 bits per heavy atom. The minimum Gasteiger partial charge on any atom is -0.486 e. The maximum absolute atomic E-state index is 5.82. The number of hydrogen-bond donors (Lipinski definition) is 2. The Morgan fingerprint density at radius 3 is 2.68 bits per heavy atom. The van der Waals surface area contributed by atoms with Crippen LogP contribution in [0.2, 0.25) is 5.15 Å². The van der Waals surface area contributed by atoms with Crippen LogP contribution in [0.4, 0.5) is 17.5 Å². The summed E-state index contributed by atoms with van der Waals surface area (Å²) in [5, 5.41) is 3.37. The van der Waals surface area contributed by atoms with E-state index in [1.807, 2.05) is 18.2 Å². The van der Waals surface area contributed by atoms with Crippen LogP contribution in [0, 0.1) is 0 Å². The molecular formula is C12H11ClN4O2. The number of anilines is 3. The molecule has 0 bridgehead atoms. The highest BCUT2D eigenvalue weighted by atomic mass is 35.5. The summed E-state index contributed by atoms with van der Waals surface area (Å²) in [6.07, 6.45) is 0. The minimum atomic E-state index is 0.118. The second-order valence-corrected chi connectivity index (χ2v) is 4.30. The molecule has 1 aromatic heterocycles. The van der Waals surface area contributed by atoms with Crippen LogP contribution >= 0.6 is 11.6 Å². The van der Waals surface area contributed by atoms with Crippen LogP contribution in [0.15, 0.2) is 24.3 Å². The predicted molar refractivity (Wildman–Crippen MR) is 72.2 cm³/mol. The van der Waals surface area contributed by atoms with E-state index >= 15 is 0 Å². The van der Waals surface area contributed by atoms with Gasteiger partial charge < -0.3 is 20.5 Å². The van der Waals surface area contributed by atoms with E-state index in [1.54, 1.807) is 6.07 Å². The number of nitrogens with two attached hydrogens (primary N) is 1. The van der Waals surface area contributed by atoms with Crippen LogP contribution in [0.5, 0.6) is 11.5 Å². The summed E-state index contributed by atoms with van der Waals surface area (Å²) in [4.78, 5) is 7.83. The van der Waals surface area contributed by atoms with E-state index in [-0.39, 0.29) is 11.1 Å². The van der Waals surface area contributed by atoms with Crippen LogP contribution in [-0.2, 0) is 0 Å². The van der Waals surface area contributed by atoms with E-state index in [2.05, 4.69) is 15.3 Å². The summed E-state index contributed by atoms with van der Waals surface area (Å²) < 4.78 is 10.9. The molecule has 0 atom stereocenters. The van der Waals surface area contributed by atoms with Gasteiger partial charge in [-0.05, 0) is 12.1 Å². The molecule has 0 radical (unpaired) electrons. The standard InChI is InChI=1S/C12H11ClN4O2/c13-10-6-11(17-12(14)16-10)15-7-1-2-8-9(5-7)19-4-3-18-8/h1-2,5-6H,3-4H2,(H3,14,15,16,17). The van der Waals surface area contributed by atoms with Crippen molar-refractivity contribution in [3.63, 3.8) is 0 Å². The molecular weight excluding hydrogens is 268 g/mol. The van der Waals surface area contributed by atoms with Gasteiger partial charge in [0.1, 0.15) is 24.2 Å². The Bertz CT molecular complexity index is 600. The first-order valence-electron chi connectivity index (χ1n) is 5.67. The molecule has 0 aliphatic carbocycles. The fourth-order valence-corrected chi connectivity index (χ4v) is 1.96. The molecule has 0 amide bonds. The second kappa shape index (κ2) is 4.81. The summed E-state index contributed by atoms with van der Waals surface area (Å²) >= 11 is 5.82. The first kappa shape index (κ1) is 11.9. The number of nitrogen functional groups attached to an aromatic ring is 1. The largest absolute Gasteiger partial charge is 0.486 e. The molecule has 0 saturated heterocycles. The van der Waals surface area contributed by atoms with Gasteiger partial charge in [-0.15, -0.1) is 0 Å². The zero-order chi connectivity index (χ0) is 13.2. The lowest BCUT2D eigenvalue weighted by molar-refractivity contribution is 0.171. The molecule has 2 aromatic rings. The highest BCUT2D eigenvalue weighted by Gasteiger charge is 2.12. The normalized spacial score (nSPS) is 13.1. The molecule has 0 spiro atoms. The van der Waals surface area contributed by atoms with E-state index < -0.39 is 0 Å². The Hall–Kier alpha value is -2.21. The molecule has 0 fully saturated rings. The van der Waals surface area contributed by atoms with Crippen molar-refractivity contribution in [1.82, 2.24) is 9.97 Å². The highest BCUT2D eigenvalue weighted by molar-refractivity contribution is 6.29. The van der Waals surface area contributed by atoms with Gasteiger partial charge in [0.2, 0.25) is 5.95 Å². The van der Waals surface area contributed by atoms with Gasteiger partial charge in [0.25, 0.3) is 0 Å². The van der Waals surface area contributed by atoms with Crippen molar-refractivity contribution in [2.45, 2.75) is 0 Å². The molecule has 6 nitrogen and oxygen atoms in total. The molecule has 0 unspecified atom stereocenters. The Balaban J connectivity index is 1.86. The molecule has 1 aliphatic rings. The number of benzene rings is 1. The van der Waals surface area contributed by atoms with E-state index in [1.165, 1.54) is 0 Å². The first-order valence-corrected chi connectivity index (χ1v) is 6.05. The van der Waals surface area contributed by atoms with Crippen molar-refractivity contribution in [3.8, 4) is 11.5 Å². The highest BCUT2D eigenvalue weighted by Crippen LogP contribution is 2.33. The maximum atomic E-state index is 5.82. The maximum Gasteiger partial charge on any atom is 0.223 e. The first-order chi connectivity index (χ1) is 9.20. The molecule has 0 saturated carbocycles. The monoisotopic (exact) mass is 278 g/mol. The lowest BCUT2D eigenvalue weighted by Gasteiger charge is -2.19. The van der Waals surface area contributed by atoms with Crippen molar-refractivity contribution in [2.24, 2.45) is 0 Å². The number of aromatic nitrogens is 2. The zero-order valence-corrected chi connectivity index (χ0v) is 10.6. The van der Waals surface area contributed by atoms with Gasteiger partial charge in [-0.3, -0.25) is 0 Å². The third-order valence-electron chi connectivity index (χ3n) is 2.53. The van der Waals surface area contributed by atoms with Crippen molar-refractivity contribution in [2.75, 3.05) is 24.3 Å². The lowest BCUT2D eigenvalue weighted by Crippen LogP contribution is -2.15. The third-order valence-corrected chi connectivity index (χ3v) is 2.72. The van der Waals surface area contributed by atoms with E-state index in [0.717, 1.165) is 11.4 Å². The number of fused-ring (bicyclic) bond motifs is 1. The van der Waals surface area contributed by atoms with Gasteiger partial charge in [0.15, 0.2) is 11.5 Å². The van der Waals surface area contributed by atoms with E-state index in [4.69, 9.17) is 26.8 Å². The summed E-state index contributed by atoms with van der Waals surface area (Å²) in [5.41, 5.74) is 6.34. The average molecular weight is 279 g/mol. The molecule has 2 heterocycles. The van der Waals surface area contributed by atoms with Gasteiger partial charge in [0.05, 0.1) is 0 Å². The van der Waals surface area contributed by atoms with Gasteiger partial charge in [-0.2, -0.15) is 4.98 Å². The van der Waals surface area contributed by atoms with E-state index in [0.29, 0.717) is 24.8 Å². The van der Waals surface area contributed by atoms with Crippen LogP contribution in [0.1, 0.15) is 0 Å². The number of hydrogen-bond acceptors (Lipinski definition) is 6. The van der Waals surface area contributed by atoms with Crippen LogP contribution in [-0.4, -0.2) is 23.2 Å². The van der Waals surface area contributed by atoms with Crippen LogP contribution in [0.3, 0.4) is 0 Å². The number of rotatable bonds is 2. The summed E-state index contributed by atoms with van der Waals surface area (Å²) in [7, 11) is 0. The number of halogens is 1. The average Bonchev–Trinajstić information content (AvgIpc) is 2.37. The van der Waals surface area contributed by atoms with Crippen molar-refractivity contribution in [1.29, 1.82) is 0 Å². The van der Waals surface area contributed by atoms with Crippen molar-refractivity contribution in [3.05, 3.63) is 29.4 Å². The quantitative estimate of drug-likeness (QED) is 0.820. The Labute approximate surface area is 114 Å². The van der Waals surface area contributed by atoms with Crippen LogP contribution < -0.4 is 20.5 Å². The molecule has 3 rings (SSSR count). The Morgan fingerprint density at radius 2 is 1.89 bits per heavy atom. The summed E-state index contributed by atoms with van der Waals surface area (Å²) in [6, 6.07) is 7.12. The summed E-state index contributed by atoms with van der Waals surface area (Å²) in [6.45, 7) is 1.11. The molecule has 3 N–H and O–H groups in total. The Kier molecular flexibility index (Phi) is 3.00. The smallest absolute Gasteiger partial charge is 0.223 e. The number of nitrogens with zero attached hydrogens (tertiary/aromatic N) is 2. The lowest BCUT2D eigenvalue weighted by atomic mass is 10.2. The van der Waals surface area contributed by atoms with Gasteiger partial charge in [-0.1, -0.05) is 11.6 Å². The minimum absolute atomic E-state index is 0.118. The fraction of sp³-hybridized carbons (Fsp3) is 0.167. The molecule has 19 heavy (non-hydrogen) atoms. The molecule has 1 aliphatic heterocycles. The van der Waals surface area contributed by atoms with Gasteiger partial charge >= 0.3 is 0 Å². The number of ether oxygens (including phenoxy) is 2. The number of nitrogens with one attached hydrogen (secondary N) is 1. The van der Waals surface area contributed by atoms with Crippen LogP contribution in [0.25, 0.3) is 0 Å². The SMILES string of the molecule is Nc1nc(Cl)cc(Nc2ccc3c(c2)OCCO3)n1. The van der Waals surface area contributed by atoms with E-state index in [9.17, 15) is 0 Å². The molecule has 98 valence electrons. The topological polar surface area (TPSA) is 82.3 Å². The molecule has 7 heteroatoms. The summed E-state index contributed by atoms with van der Waals surface area (Å²) in [5.74, 6) is 2.07. The van der Waals surface area contributed by atoms with Gasteiger partial charge in [-0.25, -0.2) is 4.98 Å².